The SMILES string of the molecule is CC(NC(=O)c1cccc(N(C)C)c1)C1CCCNC1. The minimum atomic E-state index is 0.0202. The molecule has 0 aliphatic carbocycles. The molecule has 1 aliphatic rings. The first kappa shape index (κ1) is 14.9. The van der Waals surface area contributed by atoms with Gasteiger partial charge in [0.15, 0.2) is 0 Å². The van der Waals surface area contributed by atoms with E-state index in [0.29, 0.717) is 5.92 Å². The Morgan fingerprint density at radius 1 is 1.45 bits per heavy atom. The van der Waals surface area contributed by atoms with E-state index in [0.717, 1.165) is 24.3 Å². The number of amides is 1. The van der Waals surface area contributed by atoms with Gasteiger partial charge in [-0.25, -0.2) is 0 Å². The molecule has 1 aromatic carbocycles. The van der Waals surface area contributed by atoms with Crippen molar-refractivity contribution < 1.29 is 4.79 Å². The summed E-state index contributed by atoms with van der Waals surface area (Å²) in [6, 6.07) is 7.94. The van der Waals surface area contributed by atoms with E-state index in [2.05, 4.69) is 17.6 Å². The zero-order valence-corrected chi connectivity index (χ0v) is 12.6. The molecule has 110 valence electrons. The Labute approximate surface area is 121 Å². The highest BCUT2D eigenvalue weighted by molar-refractivity contribution is 5.95. The lowest BCUT2D eigenvalue weighted by molar-refractivity contribution is 0.0922. The lowest BCUT2D eigenvalue weighted by Crippen LogP contribution is -2.44. The van der Waals surface area contributed by atoms with Crippen LogP contribution in [0.3, 0.4) is 0 Å². The first-order chi connectivity index (χ1) is 9.58. The average Bonchev–Trinajstić information content (AvgIpc) is 2.48. The van der Waals surface area contributed by atoms with E-state index >= 15 is 0 Å². The molecule has 4 nitrogen and oxygen atoms in total. The fourth-order valence-electron chi connectivity index (χ4n) is 2.64. The number of piperidine rings is 1. The highest BCUT2D eigenvalue weighted by Crippen LogP contribution is 2.16. The van der Waals surface area contributed by atoms with Crippen molar-refractivity contribution in [2.24, 2.45) is 5.92 Å². The van der Waals surface area contributed by atoms with Crippen LogP contribution in [0.15, 0.2) is 24.3 Å². The summed E-state index contributed by atoms with van der Waals surface area (Å²) < 4.78 is 0. The van der Waals surface area contributed by atoms with Gasteiger partial charge >= 0.3 is 0 Å². The number of nitrogens with zero attached hydrogens (tertiary/aromatic N) is 1. The van der Waals surface area contributed by atoms with Gasteiger partial charge in [0, 0.05) is 31.4 Å². The Bertz CT molecular complexity index is 453. The number of rotatable bonds is 4. The third-order valence-electron chi connectivity index (χ3n) is 4.03. The van der Waals surface area contributed by atoms with E-state index in [9.17, 15) is 4.79 Å². The molecule has 1 amide bonds. The Hall–Kier alpha value is -1.55. The lowest BCUT2D eigenvalue weighted by atomic mass is 9.92. The predicted octanol–water partition coefficient (Wildman–Crippen LogP) is 1.87. The van der Waals surface area contributed by atoms with E-state index in [1.54, 1.807) is 0 Å². The van der Waals surface area contributed by atoms with Crippen molar-refractivity contribution in [3.05, 3.63) is 29.8 Å². The molecule has 0 spiro atoms. The number of anilines is 1. The normalized spacial score (nSPS) is 20.2. The van der Waals surface area contributed by atoms with E-state index < -0.39 is 0 Å². The van der Waals surface area contributed by atoms with Gasteiger partial charge in [-0.05, 0) is 57.0 Å². The molecule has 1 fully saturated rings. The van der Waals surface area contributed by atoms with Crippen LogP contribution < -0.4 is 15.5 Å². The fraction of sp³-hybridized carbons (Fsp3) is 0.562. The Kier molecular flexibility index (Phi) is 5.01. The van der Waals surface area contributed by atoms with Gasteiger partial charge in [0.1, 0.15) is 0 Å². The lowest BCUT2D eigenvalue weighted by Gasteiger charge is -2.29. The first-order valence-corrected chi connectivity index (χ1v) is 7.37. The molecule has 0 saturated carbocycles. The summed E-state index contributed by atoms with van der Waals surface area (Å²) in [5, 5.41) is 6.53. The van der Waals surface area contributed by atoms with Gasteiger partial charge in [-0.2, -0.15) is 0 Å². The van der Waals surface area contributed by atoms with E-state index in [1.807, 2.05) is 43.3 Å². The predicted molar refractivity (Wildman–Crippen MR) is 83.3 cm³/mol. The molecule has 1 saturated heterocycles. The van der Waals surface area contributed by atoms with Crippen LogP contribution in [-0.2, 0) is 0 Å². The Morgan fingerprint density at radius 2 is 2.25 bits per heavy atom. The Morgan fingerprint density at radius 3 is 2.90 bits per heavy atom. The highest BCUT2D eigenvalue weighted by atomic mass is 16.1. The molecule has 0 aromatic heterocycles. The van der Waals surface area contributed by atoms with E-state index in [4.69, 9.17) is 0 Å². The van der Waals surface area contributed by atoms with Crippen LogP contribution in [0.25, 0.3) is 0 Å². The summed E-state index contributed by atoms with van der Waals surface area (Å²) in [6.45, 7) is 4.20. The summed E-state index contributed by atoms with van der Waals surface area (Å²) in [7, 11) is 3.96. The van der Waals surface area contributed by atoms with Crippen molar-refractivity contribution in [1.29, 1.82) is 0 Å². The molecule has 2 rings (SSSR count). The summed E-state index contributed by atoms with van der Waals surface area (Å²) in [4.78, 5) is 14.3. The molecule has 2 atom stereocenters. The van der Waals surface area contributed by atoms with Crippen LogP contribution in [0.4, 0.5) is 5.69 Å². The molecule has 4 heteroatoms. The van der Waals surface area contributed by atoms with Gasteiger partial charge in [-0.1, -0.05) is 6.07 Å². The van der Waals surface area contributed by atoms with Gasteiger partial charge in [-0.3, -0.25) is 4.79 Å². The summed E-state index contributed by atoms with van der Waals surface area (Å²) >= 11 is 0. The second-order valence-corrected chi connectivity index (χ2v) is 5.81. The minimum absolute atomic E-state index is 0.0202. The van der Waals surface area contributed by atoms with E-state index in [-0.39, 0.29) is 11.9 Å². The van der Waals surface area contributed by atoms with Crippen LogP contribution in [-0.4, -0.2) is 39.1 Å². The largest absolute Gasteiger partial charge is 0.378 e. The van der Waals surface area contributed by atoms with Gasteiger partial charge in [-0.15, -0.1) is 0 Å². The molecule has 2 N–H and O–H groups in total. The quantitative estimate of drug-likeness (QED) is 0.882. The van der Waals surface area contributed by atoms with Crippen molar-refractivity contribution in [2.75, 3.05) is 32.1 Å². The first-order valence-electron chi connectivity index (χ1n) is 7.37. The van der Waals surface area contributed by atoms with Crippen LogP contribution in [0, 0.1) is 5.92 Å². The third kappa shape index (κ3) is 3.73. The van der Waals surface area contributed by atoms with E-state index in [1.165, 1.54) is 12.8 Å². The molecule has 1 aromatic rings. The second-order valence-electron chi connectivity index (χ2n) is 5.81. The highest BCUT2D eigenvalue weighted by Gasteiger charge is 2.21. The topological polar surface area (TPSA) is 44.4 Å². The zero-order valence-electron chi connectivity index (χ0n) is 12.6. The summed E-state index contributed by atoms with van der Waals surface area (Å²) in [6.07, 6.45) is 2.38. The van der Waals surface area contributed by atoms with Crippen molar-refractivity contribution in [1.82, 2.24) is 10.6 Å². The number of hydrogen-bond donors (Lipinski definition) is 2. The average molecular weight is 275 g/mol. The van der Waals surface area contributed by atoms with Crippen molar-refractivity contribution in [3.63, 3.8) is 0 Å². The maximum Gasteiger partial charge on any atom is 0.251 e. The third-order valence-corrected chi connectivity index (χ3v) is 4.03. The summed E-state index contributed by atoms with van der Waals surface area (Å²) in [5.74, 6) is 0.552. The van der Waals surface area contributed by atoms with Crippen molar-refractivity contribution in [2.45, 2.75) is 25.8 Å². The monoisotopic (exact) mass is 275 g/mol. The second kappa shape index (κ2) is 6.75. The molecule has 1 heterocycles. The van der Waals surface area contributed by atoms with Gasteiger partial charge < -0.3 is 15.5 Å². The van der Waals surface area contributed by atoms with Crippen LogP contribution in [0.1, 0.15) is 30.1 Å². The fourth-order valence-corrected chi connectivity index (χ4v) is 2.64. The van der Waals surface area contributed by atoms with Crippen molar-refractivity contribution >= 4 is 11.6 Å². The number of carbonyl (C=O) groups is 1. The van der Waals surface area contributed by atoms with Gasteiger partial charge in [0.05, 0.1) is 0 Å². The Balaban J connectivity index is 1.98. The number of carbonyl (C=O) groups excluding carboxylic acids is 1. The maximum absolute atomic E-state index is 12.3. The van der Waals surface area contributed by atoms with Crippen LogP contribution in [0.5, 0.6) is 0 Å². The van der Waals surface area contributed by atoms with Crippen LogP contribution >= 0.6 is 0 Å². The standard InChI is InChI=1S/C16H25N3O/c1-12(14-7-5-9-17-11-14)18-16(20)13-6-4-8-15(10-13)19(2)3/h4,6,8,10,12,14,17H,5,7,9,11H2,1-3H3,(H,18,20). The van der Waals surface area contributed by atoms with Gasteiger partial charge in [0.2, 0.25) is 0 Å². The maximum atomic E-state index is 12.3. The summed E-state index contributed by atoms with van der Waals surface area (Å²) in [5.41, 5.74) is 1.77. The van der Waals surface area contributed by atoms with Crippen molar-refractivity contribution in [3.8, 4) is 0 Å². The molecular weight excluding hydrogens is 250 g/mol. The number of nitrogens with one attached hydrogen (secondary N) is 2. The number of hydrogen-bond acceptors (Lipinski definition) is 3. The molecule has 0 radical (unpaired) electrons. The molecule has 1 aliphatic heterocycles. The number of benzene rings is 1. The molecule has 2 unspecified atom stereocenters. The minimum Gasteiger partial charge on any atom is -0.378 e. The van der Waals surface area contributed by atoms with Crippen LogP contribution in [0.2, 0.25) is 0 Å². The zero-order chi connectivity index (χ0) is 14.5. The molecule has 0 bridgehead atoms. The van der Waals surface area contributed by atoms with Gasteiger partial charge in [0.25, 0.3) is 5.91 Å². The smallest absolute Gasteiger partial charge is 0.251 e. The molecular formula is C16H25N3O. The molecule has 20 heavy (non-hydrogen) atoms.